The van der Waals surface area contributed by atoms with Crippen LogP contribution in [-0.4, -0.2) is 49.8 Å². The molecule has 10 nitrogen and oxygen atoms in total. The SMILES string of the molecule is COc1ccc(C=CC(=O)Nc2cc(C)nn2-c2ncnc3nc[nH]c23)c(OC)c1. The van der Waals surface area contributed by atoms with Gasteiger partial charge in [0.25, 0.3) is 0 Å². The number of aryl methyl sites for hydroxylation is 1. The van der Waals surface area contributed by atoms with Crippen molar-refractivity contribution in [3.05, 3.63) is 54.3 Å². The molecule has 3 heterocycles. The minimum absolute atomic E-state index is 0.330. The molecule has 0 saturated heterocycles. The van der Waals surface area contributed by atoms with Crippen LogP contribution in [0.2, 0.25) is 0 Å². The Morgan fingerprint density at radius 2 is 2.03 bits per heavy atom. The van der Waals surface area contributed by atoms with E-state index in [1.54, 1.807) is 38.5 Å². The van der Waals surface area contributed by atoms with Gasteiger partial charge in [0.2, 0.25) is 5.91 Å². The molecule has 0 aliphatic rings. The molecule has 0 spiro atoms. The van der Waals surface area contributed by atoms with E-state index in [0.717, 1.165) is 11.3 Å². The topological polar surface area (TPSA) is 120 Å². The highest BCUT2D eigenvalue weighted by Crippen LogP contribution is 2.26. The van der Waals surface area contributed by atoms with E-state index in [4.69, 9.17) is 9.47 Å². The molecule has 0 radical (unpaired) electrons. The van der Waals surface area contributed by atoms with Crippen LogP contribution in [0.15, 0.2) is 43.0 Å². The highest BCUT2D eigenvalue weighted by molar-refractivity contribution is 6.02. The highest BCUT2D eigenvalue weighted by atomic mass is 16.5. The average molecular weight is 405 g/mol. The molecule has 0 bridgehead atoms. The predicted octanol–water partition coefficient (Wildman–Crippen LogP) is 2.52. The van der Waals surface area contributed by atoms with Gasteiger partial charge in [0.05, 0.1) is 26.2 Å². The van der Waals surface area contributed by atoms with E-state index in [0.29, 0.717) is 34.3 Å². The lowest BCUT2D eigenvalue weighted by Crippen LogP contribution is -2.13. The molecule has 0 aliphatic heterocycles. The number of aromatic amines is 1. The Morgan fingerprint density at radius 1 is 1.17 bits per heavy atom. The summed E-state index contributed by atoms with van der Waals surface area (Å²) in [6.07, 6.45) is 6.02. The molecule has 2 N–H and O–H groups in total. The van der Waals surface area contributed by atoms with Crippen LogP contribution in [0.4, 0.5) is 5.82 Å². The number of hydrogen-bond donors (Lipinski definition) is 2. The number of carbonyl (C=O) groups is 1. The van der Waals surface area contributed by atoms with Crippen LogP contribution in [0.3, 0.4) is 0 Å². The molecule has 30 heavy (non-hydrogen) atoms. The summed E-state index contributed by atoms with van der Waals surface area (Å²) in [4.78, 5) is 28.1. The van der Waals surface area contributed by atoms with E-state index < -0.39 is 0 Å². The number of benzene rings is 1. The Labute approximate surface area is 171 Å². The maximum atomic E-state index is 12.6. The molecule has 1 amide bonds. The van der Waals surface area contributed by atoms with Crippen molar-refractivity contribution in [3.63, 3.8) is 0 Å². The number of fused-ring (bicyclic) bond motifs is 1. The Kier molecular flexibility index (Phi) is 5.12. The summed E-state index contributed by atoms with van der Waals surface area (Å²) in [5, 5.41) is 7.27. The number of nitrogens with one attached hydrogen (secondary N) is 2. The van der Waals surface area contributed by atoms with Crippen LogP contribution in [0.1, 0.15) is 11.3 Å². The van der Waals surface area contributed by atoms with Crippen molar-refractivity contribution in [2.75, 3.05) is 19.5 Å². The predicted molar refractivity (Wildman–Crippen MR) is 111 cm³/mol. The van der Waals surface area contributed by atoms with E-state index in [1.165, 1.54) is 23.4 Å². The fourth-order valence-electron chi connectivity index (χ4n) is 2.95. The number of nitrogens with zero attached hydrogens (tertiary/aromatic N) is 5. The molecule has 4 rings (SSSR count). The fraction of sp³-hybridized carbons (Fsp3) is 0.150. The van der Waals surface area contributed by atoms with Gasteiger partial charge in [-0.3, -0.25) is 4.79 Å². The molecular weight excluding hydrogens is 386 g/mol. The summed E-state index contributed by atoms with van der Waals surface area (Å²) in [6.45, 7) is 1.83. The lowest BCUT2D eigenvalue weighted by Gasteiger charge is -2.08. The first kappa shape index (κ1) is 19.1. The number of H-pyrrole nitrogens is 1. The van der Waals surface area contributed by atoms with Gasteiger partial charge in [-0.15, -0.1) is 0 Å². The molecular formula is C20H19N7O3. The average Bonchev–Trinajstić information content (AvgIpc) is 3.38. The fourth-order valence-corrected chi connectivity index (χ4v) is 2.95. The van der Waals surface area contributed by atoms with Gasteiger partial charge in [-0.25, -0.2) is 15.0 Å². The molecule has 1 aromatic carbocycles. The van der Waals surface area contributed by atoms with Crippen molar-refractivity contribution in [2.24, 2.45) is 0 Å². The van der Waals surface area contributed by atoms with E-state index in [9.17, 15) is 4.79 Å². The first-order valence-corrected chi connectivity index (χ1v) is 9.01. The third-order valence-corrected chi connectivity index (χ3v) is 4.34. The van der Waals surface area contributed by atoms with Gasteiger partial charge in [-0.2, -0.15) is 9.78 Å². The number of rotatable bonds is 6. The Bertz CT molecular complexity index is 1240. The molecule has 3 aromatic heterocycles. The number of methoxy groups -OCH3 is 2. The van der Waals surface area contributed by atoms with Gasteiger partial charge in [0.15, 0.2) is 11.5 Å². The second kappa shape index (κ2) is 8.03. The number of carbonyl (C=O) groups excluding carboxylic acids is 1. The van der Waals surface area contributed by atoms with Crippen molar-refractivity contribution >= 4 is 29.0 Å². The van der Waals surface area contributed by atoms with Gasteiger partial charge in [-0.05, 0) is 25.1 Å². The Hall–Kier alpha value is -4.21. The second-order valence-corrected chi connectivity index (χ2v) is 6.31. The summed E-state index contributed by atoms with van der Waals surface area (Å²) < 4.78 is 12.1. The summed E-state index contributed by atoms with van der Waals surface area (Å²) in [5.41, 5.74) is 2.59. The molecule has 152 valence electrons. The van der Waals surface area contributed by atoms with Crippen molar-refractivity contribution in [1.82, 2.24) is 29.7 Å². The summed E-state index contributed by atoms with van der Waals surface area (Å²) in [6, 6.07) is 7.11. The van der Waals surface area contributed by atoms with Gasteiger partial charge < -0.3 is 19.8 Å². The largest absolute Gasteiger partial charge is 0.497 e. The number of anilines is 1. The zero-order valence-electron chi connectivity index (χ0n) is 16.6. The van der Waals surface area contributed by atoms with Crippen LogP contribution < -0.4 is 14.8 Å². The van der Waals surface area contributed by atoms with Gasteiger partial charge in [-0.1, -0.05) is 0 Å². The van der Waals surface area contributed by atoms with Crippen LogP contribution in [0.5, 0.6) is 11.5 Å². The lowest BCUT2D eigenvalue weighted by atomic mass is 10.1. The van der Waals surface area contributed by atoms with E-state index in [1.807, 2.05) is 13.0 Å². The van der Waals surface area contributed by atoms with Crippen molar-refractivity contribution < 1.29 is 14.3 Å². The van der Waals surface area contributed by atoms with Crippen LogP contribution in [-0.2, 0) is 4.79 Å². The number of aromatic nitrogens is 6. The number of imidazole rings is 1. The summed E-state index contributed by atoms with van der Waals surface area (Å²) in [5.74, 6) is 1.90. The lowest BCUT2D eigenvalue weighted by molar-refractivity contribution is -0.111. The van der Waals surface area contributed by atoms with Crippen molar-refractivity contribution in [1.29, 1.82) is 0 Å². The molecule has 0 atom stereocenters. The number of amides is 1. The van der Waals surface area contributed by atoms with Crippen LogP contribution >= 0.6 is 0 Å². The molecule has 10 heteroatoms. The summed E-state index contributed by atoms with van der Waals surface area (Å²) in [7, 11) is 3.14. The minimum atomic E-state index is -0.330. The molecule has 0 aliphatic carbocycles. The molecule has 0 saturated carbocycles. The standard InChI is InChI=1S/C20H19N7O3/c1-12-8-16(27(26-12)20-18-19(22-10-21-18)23-11-24-20)25-17(28)7-5-13-4-6-14(29-2)9-15(13)30-3/h4-11H,1-3H3,(H,25,28)(H,21,22,23,24). The van der Waals surface area contributed by atoms with E-state index >= 15 is 0 Å². The maximum Gasteiger partial charge on any atom is 0.249 e. The van der Waals surface area contributed by atoms with Crippen molar-refractivity contribution in [2.45, 2.75) is 6.92 Å². The Balaban J connectivity index is 1.59. The highest BCUT2D eigenvalue weighted by Gasteiger charge is 2.15. The maximum absolute atomic E-state index is 12.6. The van der Waals surface area contributed by atoms with Gasteiger partial charge in [0.1, 0.15) is 29.2 Å². The summed E-state index contributed by atoms with van der Waals surface area (Å²) >= 11 is 0. The zero-order valence-corrected chi connectivity index (χ0v) is 16.6. The van der Waals surface area contributed by atoms with E-state index in [2.05, 4.69) is 30.4 Å². The van der Waals surface area contributed by atoms with Gasteiger partial charge in [0, 0.05) is 23.8 Å². The van der Waals surface area contributed by atoms with Crippen LogP contribution in [0, 0.1) is 6.92 Å². The minimum Gasteiger partial charge on any atom is -0.497 e. The third kappa shape index (κ3) is 3.70. The number of hydrogen-bond acceptors (Lipinski definition) is 7. The first-order valence-electron chi connectivity index (χ1n) is 9.01. The van der Waals surface area contributed by atoms with Gasteiger partial charge >= 0.3 is 0 Å². The second-order valence-electron chi connectivity index (χ2n) is 6.31. The molecule has 0 fully saturated rings. The molecule has 4 aromatic rings. The number of ether oxygens (including phenoxy) is 2. The quantitative estimate of drug-likeness (QED) is 0.473. The smallest absolute Gasteiger partial charge is 0.249 e. The van der Waals surface area contributed by atoms with Crippen LogP contribution in [0.25, 0.3) is 23.1 Å². The third-order valence-electron chi connectivity index (χ3n) is 4.34. The first-order chi connectivity index (χ1) is 14.6. The normalized spacial score (nSPS) is 11.2. The Morgan fingerprint density at radius 3 is 2.83 bits per heavy atom. The van der Waals surface area contributed by atoms with Crippen molar-refractivity contribution in [3.8, 4) is 17.3 Å². The van der Waals surface area contributed by atoms with E-state index in [-0.39, 0.29) is 5.91 Å². The molecule has 0 unspecified atom stereocenters. The monoisotopic (exact) mass is 405 g/mol. The zero-order chi connectivity index (χ0) is 21.1.